The summed E-state index contributed by atoms with van der Waals surface area (Å²) < 4.78 is 0. The average molecular weight is 193 g/mol. The molecule has 0 aromatic carbocycles. The van der Waals surface area contributed by atoms with E-state index < -0.39 is 0 Å². The van der Waals surface area contributed by atoms with Gasteiger partial charge in [0.2, 0.25) is 5.91 Å². The lowest BCUT2D eigenvalue weighted by Gasteiger charge is -2.58. The third kappa shape index (κ3) is 0.768. The molecule has 3 rings (SSSR count). The van der Waals surface area contributed by atoms with Crippen molar-refractivity contribution in [3.05, 3.63) is 0 Å². The zero-order valence-corrected chi connectivity index (χ0v) is 8.94. The predicted octanol–water partition coefficient (Wildman–Crippen LogP) is 2.09. The minimum atomic E-state index is 0.273. The molecular weight excluding hydrogens is 174 g/mol. The SMILES string of the molecule is CC1C(=O)NCC12CCC21CCCC1. The van der Waals surface area contributed by atoms with Crippen LogP contribution in [0.1, 0.15) is 45.4 Å². The van der Waals surface area contributed by atoms with E-state index >= 15 is 0 Å². The summed E-state index contributed by atoms with van der Waals surface area (Å²) in [5.41, 5.74) is 0.923. The van der Waals surface area contributed by atoms with E-state index in [1.165, 1.54) is 38.5 Å². The Morgan fingerprint density at radius 3 is 2.36 bits per heavy atom. The first-order valence-electron chi connectivity index (χ1n) is 5.98. The fourth-order valence-corrected chi connectivity index (χ4v) is 4.35. The Balaban J connectivity index is 1.94. The summed E-state index contributed by atoms with van der Waals surface area (Å²) in [6, 6.07) is 0. The monoisotopic (exact) mass is 193 g/mol. The highest BCUT2D eigenvalue weighted by Crippen LogP contribution is 2.68. The maximum atomic E-state index is 11.6. The van der Waals surface area contributed by atoms with Crippen LogP contribution in [0.25, 0.3) is 0 Å². The van der Waals surface area contributed by atoms with Crippen molar-refractivity contribution in [2.45, 2.75) is 45.4 Å². The molecule has 1 N–H and O–H groups in total. The van der Waals surface area contributed by atoms with E-state index in [1.807, 2.05) is 0 Å². The van der Waals surface area contributed by atoms with Gasteiger partial charge in [-0.05, 0) is 31.1 Å². The summed E-state index contributed by atoms with van der Waals surface area (Å²) in [4.78, 5) is 11.6. The van der Waals surface area contributed by atoms with E-state index in [-0.39, 0.29) is 5.92 Å². The van der Waals surface area contributed by atoms with E-state index in [0.29, 0.717) is 16.7 Å². The number of carbonyl (C=O) groups is 1. The van der Waals surface area contributed by atoms with Gasteiger partial charge in [0, 0.05) is 17.9 Å². The molecule has 0 aromatic heterocycles. The minimum Gasteiger partial charge on any atom is -0.355 e. The number of fused-ring (bicyclic) bond motifs is 1. The Hall–Kier alpha value is -0.530. The molecule has 3 aliphatic rings. The van der Waals surface area contributed by atoms with Crippen molar-refractivity contribution in [3.8, 4) is 0 Å². The van der Waals surface area contributed by atoms with E-state index in [2.05, 4.69) is 12.2 Å². The second kappa shape index (κ2) is 2.53. The number of carbonyl (C=O) groups excluding carboxylic acids is 1. The molecule has 2 spiro atoms. The molecule has 2 unspecified atom stereocenters. The first-order valence-corrected chi connectivity index (χ1v) is 5.98. The Morgan fingerprint density at radius 1 is 1.21 bits per heavy atom. The van der Waals surface area contributed by atoms with Gasteiger partial charge in [-0.2, -0.15) is 0 Å². The first-order chi connectivity index (χ1) is 6.70. The van der Waals surface area contributed by atoms with Crippen molar-refractivity contribution < 1.29 is 4.79 Å². The largest absolute Gasteiger partial charge is 0.355 e. The normalized spacial score (nSPS) is 44.4. The molecule has 3 fully saturated rings. The standard InChI is InChI=1S/C12H19NO/c1-9-10(14)13-8-12(9)7-6-11(12)4-2-3-5-11/h9H,2-8H2,1H3,(H,13,14). The van der Waals surface area contributed by atoms with Crippen LogP contribution in [0.15, 0.2) is 0 Å². The molecule has 2 atom stereocenters. The summed E-state index contributed by atoms with van der Waals surface area (Å²) in [7, 11) is 0. The van der Waals surface area contributed by atoms with Crippen LogP contribution in [-0.4, -0.2) is 12.5 Å². The van der Waals surface area contributed by atoms with Gasteiger partial charge < -0.3 is 5.32 Å². The Bertz CT molecular complexity index is 280. The van der Waals surface area contributed by atoms with Crippen LogP contribution in [0.3, 0.4) is 0 Å². The first kappa shape index (κ1) is 8.75. The van der Waals surface area contributed by atoms with Crippen molar-refractivity contribution in [1.82, 2.24) is 5.32 Å². The fraction of sp³-hybridized carbons (Fsp3) is 0.917. The van der Waals surface area contributed by atoms with Gasteiger partial charge in [-0.25, -0.2) is 0 Å². The fourth-order valence-electron chi connectivity index (χ4n) is 4.35. The smallest absolute Gasteiger partial charge is 0.223 e. The van der Waals surface area contributed by atoms with Crippen LogP contribution in [0.4, 0.5) is 0 Å². The lowest BCUT2D eigenvalue weighted by atomic mass is 9.45. The zero-order valence-electron chi connectivity index (χ0n) is 8.94. The van der Waals surface area contributed by atoms with Gasteiger partial charge in [0.05, 0.1) is 0 Å². The molecule has 2 saturated carbocycles. The van der Waals surface area contributed by atoms with Gasteiger partial charge in [-0.15, -0.1) is 0 Å². The van der Waals surface area contributed by atoms with Crippen molar-refractivity contribution in [1.29, 1.82) is 0 Å². The second-order valence-electron chi connectivity index (χ2n) is 5.58. The van der Waals surface area contributed by atoms with E-state index in [4.69, 9.17) is 0 Å². The molecule has 1 amide bonds. The van der Waals surface area contributed by atoms with E-state index in [0.717, 1.165) is 6.54 Å². The van der Waals surface area contributed by atoms with E-state index in [9.17, 15) is 4.79 Å². The quantitative estimate of drug-likeness (QED) is 0.627. The third-order valence-corrected chi connectivity index (χ3v) is 5.47. The second-order valence-corrected chi connectivity index (χ2v) is 5.58. The van der Waals surface area contributed by atoms with Crippen molar-refractivity contribution in [2.24, 2.45) is 16.7 Å². The highest BCUT2D eigenvalue weighted by atomic mass is 16.2. The summed E-state index contributed by atoms with van der Waals surface area (Å²) in [6.45, 7) is 3.11. The molecule has 78 valence electrons. The number of rotatable bonds is 0. The van der Waals surface area contributed by atoms with Gasteiger partial charge in [-0.3, -0.25) is 4.79 Å². The van der Waals surface area contributed by atoms with Gasteiger partial charge >= 0.3 is 0 Å². The van der Waals surface area contributed by atoms with Crippen LogP contribution in [-0.2, 0) is 4.79 Å². The molecule has 0 radical (unpaired) electrons. The maximum absolute atomic E-state index is 11.6. The average Bonchev–Trinajstić information content (AvgIpc) is 2.75. The van der Waals surface area contributed by atoms with Crippen LogP contribution in [0.2, 0.25) is 0 Å². The number of nitrogens with one attached hydrogen (secondary N) is 1. The van der Waals surface area contributed by atoms with E-state index in [1.54, 1.807) is 0 Å². The highest BCUT2D eigenvalue weighted by molar-refractivity contribution is 5.82. The van der Waals surface area contributed by atoms with Crippen LogP contribution in [0.5, 0.6) is 0 Å². The topological polar surface area (TPSA) is 29.1 Å². The molecule has 2 aliphatic carbocycles. The summed E-state index contributed by atoms with van der Waals surface area (Å²) in [5, 5.41) is 3.07. The molecule has 0 aromatic rings. The van der Waals surface area contributed by atoms with Gasteiger partial charge in [-0.1, -0.05) is 19.8 Å². The van der Waals surface area contributed by atoms with Gasteiger partial charge in [0.1, 0.15) is 0 Å². The Morgan fingerprint density at radius 2 is 1.93 bits per heavy atom. The molecule has 0 bridgehead atoms. The minimum absolute atomic E-state index is 0.273. The van der Waals surface area contributed by atoms with Crippen molar-refractivity contribution in [3.63, 3.8) is 0 Å². The Kier molecular flexibility index (Phi) is 1.58. The van der Waals surface area contributed by atoms with Crippen LogP contribution >= 0.6 is 0 Å². The molecule has 1 heterocycles. The van der Waals surface area contributed by atoms with Crippen LogP contribution < -0.4 is 5.32 Å². The highest BCUT2D eigenvalue weighted by Gasteiger charge is 2.65. The molecule has 14 heavy (non-hydrogen) atoms. The third-order valence-electron chi connectivity index (χ3n) is 5.47. The molecule has 2 nitrogen and oxygen atoms in total. The molecule has 1 aliphatic heterocycles. The number of hydrogen-bond acceptors (Lipinski definition) is 1. The molecule has 1 saturated heterocycles. The Labute approximate surface area is 85.4 Å². The zero-order chi connectivity index (χ0) is 9.81. The summed E-state index contributed by atoms with van der Waals surface area (Å²) >= 11 is 0. The summed E-state index contributed by atoms with van der Waals surface area (Å²) in [6.07, 6.45) is 8.21. The van der Waals surface area contributed by atoms with Gasteiger partial charge in [0.25, 0.3) is 0 Å². The lowest BCUT2D eigenvalue weighted by Crippen LogP contribution is -2.54. The number of hydrogen-bond donors (Lipinski definition) is 1. The van der Waals surface area contributed by atoms with Gasteiger partial charge in [0.15, 0.2) is 0 Å². The summed E-state index contributed by atoms with van der Waals surface area (Å²) in [5.74, 6) is 0.574. The predicted molar refractivity (Wildman–Crippen MR) is 54.7 cm³/mol. The van der Waals surface area contributed by atoms with Crippen molar-refractivity contribution >= 4 is 5.91 Å². The van der Waals surface area contributed by atoms with Crippen LogP contribution in [0, 0.1) is 16.7 Å². The lowest BCUT2D eigenvalue weighted by molar-refractivity contribution is -0.133. The van der Waals surface area contributed by atoms with Crippen molar-refractivity contribution in [2.75, 3.05) is 6.54 Å². The maximum Gasteiger partial charge on any atom is 0.223 e. The molecular formula is C12H19NO. The number of amides is 1. The molecule has 2 heteroatoms.